The maximum atomic E-state index is 12.4. The monoisotopic (exact) mass is 319 g/mol. The van der Waals surface area contributed by atoms with E-state index in [2.05, 4.69) is 10.2 Å². The summed E-state index contributed by atoms with van der Waals surface area (Å²) >= 11 is 0. The van der Waals surface area contributed by atoms with Crippen LogP contribution in [0.4, 0.5) is 0 Å². The molecule has 10 heteroatoms. The largest absolute Gasteiger partial charge is 0.478 e. The van der Waals surface area contributed by atoms with Gasteiger partial charge in [0.1, 0.15) is 5.56 Å². The molecule has 1 aromatic heterocycles. The maximum Gasteiger partial charge on any atom is 0.340 e. The molecule has 1 aromatic rings. The fourth-order valence-electron chi connectivity index (χ4n) is 2.19. The van der Waals surface area contributed by atoms with Crippen LogP contribution in [0.15, 0.2) is 11.2 Å². The number of aromatic carboxylic acids is 1. The molecule has 2 heterocycles. The molecule has 1 saturated heterocycles. The number of carboxylic acids is 1. The van der Waals surface area contributed by atoms with Crippen LogP contribution in [0.2, 0.25) is 0 Å². The molecule has 0 bridgehead atoms. The van der Waals surface area contributed by atoms with Crippen LogP contribution >= 0.6 is 0 Å². The van der Waals surface area contributed by atoms with Crippen LogP contribution in [0.3, 0.4) is 0 Å². The van der Waals surface area contributed by atoms with Crippen molar-refractivity contribution in [2.75, 3.05) is 26.8 Å². The van der Waals surface area contributed by atoms with E-state index in [1.807, 2.05) is 0 Å². The Bertz CT molecular complexity index is 620. The van der Waals surface area contributed by atoms with E-state index in [4.69, 9.17) is 9.84 Å². The Morgan fingerprint density at radius 3 is 2.71 bits per heavy atom. The summed E-state index contributed by atoms with van der Waals surface area (Å²) in [6.07, 6.45) is 1.58. The fraction of sp³-hybridized carbons (Fsp3) is 0.636. The quantitative estimate of drug-likeness (QED) is 0.651. The predicted octanol–water partition coefficient (Wildman–Crippen LogP) is -0.730. The Hall–Kier alpha value is -1.49. The predicted molar refractivity (Wildman–Crippen MR) is 70.4 cm³/mol. The lowest BCUT2D eigenvalue weighted by Gasteiger charge is -2.34. The van der Waals surface area contributed by atoms with Crippen molar-refractivity contribution in [3.05, 3.63) is 11.8 Å². The van der Waals surface area contributed by atoms with E-state index in [1.165, 1.54) is 7.05 Å². The summed E-state index contributed by atoms with van der Waals surface area (Å²) in [6.45, 7) is 0.570. The average molecular weight is 319 g/mol. The Morgan fingerprint density at radius 1 is 1.52 bits per heavy atom. The fourth-order valence-corrected chi connectivity index (χ4v) is 3.50. The number of likely N-dealkylation sites (N-methyl/N-ethyl adjacent to an activating group) is 1. The molecule has 1 aliphatic heterocycles. The van der Waals surface area contributed by atoms with Crippen LogP contribution in [0, 0.1) is 0 Å². The SMILES string of the molecule is CN(CC1(O)CCOCC1)S(=O)(=O)c1[nH]ncc1C(=O)O. The second kappa shape index (κ2) is 5.72. The van der Waals surface area contributed by atoms with Crippen molar-refractivity contribution in [3.8, 4) is 0 Å². The second-order valence-electron chi connectivity index (χ2n) is 5.02. The first-order chi connectivity index (χ1) is 9.76. The first kappa shape index (κ1) is 15.9. The highest BCUT2D eigenvalue weighted by Gasteiger charge is 2.37. The molecule has 0 spiro atoms. The summed E-state index contributed by atoms with van der Waals surface area (Å²) in [4.78, 5) is 11.0. The number of hydrogen-bond acceptors (Lipinski definition) is 6. The first-order valence-corrected chi connectivity index (χ1v) is 7.73. The van der Waals surface area contributed by atoms with Gasteiger partial charge in [-0.2, -0.15) is 9.40 Å². The molecule has 0 unspecified atom stereocenters. The van der Waals surface area contributed by atoms with E-state index >= 15 is 0 Å². The Morgan fingerprint density at radius 2 is 2.14 bits per heavy atom. The van der Waals surface area contributed by atoms with Gasteiger partial charge in [-0.25, -0.2) is 13.2 Å². The van der Waals surface area contributed by atoms with Crippen LogP contribution in [-0.4, -0.2) is 71.5 Å². The van der Waals surface area contributed by atoms with Gasteiger partial charge < -0.3 is 14.9 Å². The zero-order chi connectivity index (χ0) is 15.7. The summed E-state index contributed by atoms with van der Waals surface area (Å²) in [5.41, 5.74) is -1.61. The van der Waals surface area contributed by atoms with Gasteiger partial charge in [-0.3, -0.25) is 5.10 Å². The van der Waals surface area contributed by atoms with Crippen LogP contribution in [0.25, 0.3) is 0 Å². The maximum absolute atomic E-state index is 12.4. The molecule has 118 valence electrons. The van der Waals surface area contributed by atoms with Crippen molar-refractivity contribution in [2.45, 2.75) is 23.5 Å². The number of nitrogens with zero attached hydrogens (tertiary/aromatic N) is 2. The van der Waals surface area contributed by atoms with Crippen molar-refractivity contribution in [3.63, 3.8) is 0 Å². The van der Waals surface area contributed by atoms with Gasteiger partial charge >= 0.3 is 5.97 Å². The molecule has 1 aliphatic rings. The molecule has 0 radical (unpaired) electrons. The topological polar surface area (TPSA) is 133 Å². The highest BCUT2D eigenvalue weighted by Crippen LogP contribution is 2.24. The van der Waals surface area contributed by atoms with Crippen LogP contribution < -0.4 is 0 Å². The standard InChI is InChI=1S/C11H17N3O6S/c1-14(7-11(17)2-4-20-5-3-11)21(18,19)9-8(10(15)16)6-12-13-9/h6,17H,2-5,7H2,1H3,(H,12,13)(H,15,16). The molecule has 0 atom stereocenters. The molecular weight excluding hydrogens is 302 g/mol. The minimum Gasteiger partial charge on any atom is -0.478 e. The Kier molecular flexibility index (Phi) is 4.33. The molecule has 9 nitrogen and oxygen atoms in total. The van der Waals surface area contributed by atoms with Crippen molar-refractivity contribution in [1.29, 1.82) is 0 Å². The lowest BCUT2D eigenvalue weighted by molar-refractivity contribution is -0.0689. The average Bonchev–Trinajstić information content (AvgIpc) is 2.88. The highest BCUT2D eigenvalue weighted by molar-refractivity contribution is 7.89. The van der Waals surface area contributed by atoms with E-state index in [0.29, 0.717) is 26.1 Å². The zero-order valence-corrected chi connectivity index (χ0v) is 12.3. The molecule has 0 amide bonds. The number of carboxylic acid groups (broad SMARTS) is 1. The number of H-pyrrole nitrogens is 1. The van der Waals surface area contributed by atoms with E-state index < -0.39 is 32.2 Å². The number of aromatic amines is 1. The lowest BCUT2D eigenvalue weighted by atomic mass is 9.95. The van der Waals surface area contributed by atoms with Crippen molar-refractivity contribution in [1.82, 2.24) is 14.5 Å². The van der Waals surface area contributed by atoms with Gasteiger partial charge in [0.2, 0.25) is 0 Å². The van der Waals surface area contributed by atoms with E-state index in [0.717, 1.165) is 10.5 Å². The molecule has 2 rings (SSSR count). The number of carbonyl (C=O) groups is 1. The summed E-state index contributed by atoms with van der Waals surface area (Å²) in [7, 11) is -2.79. The second-order valence-corrected chi connectivity index (χ2v) is 7.00. The van der Waals surface area contributed by atoms with E-state index in [1.54, 1.807) is 0 Å². The smallest absolute Gasteiger partial charge is 0.340 e. The number of ether oxygens (including phenoxy) is 1. The number of rotatable bonds is 5. The van der Waals surface area contributed by atoms with Crippen LogP contribution in [0.1, 0.15) is 23.2 Å². The minimum absolute atomic E-state index is 0.142. The third-order valence-corrected chi connectivity index (χ3v) is 5.22. The Balaban J connectivity index is 2.22. The Labute approximate surface area is 121 Å². The van der Waals surface area contributed by atoms with Gasteiger partial charge in [0.15, 0.2) is 5.03 Å². The van der Waals surface area contributed by atoms with Gasteiger partial charge in [-0.1, -0.05) is 0 Å². The van der Waals surface area contributed by atoms with E-state index in [9.17, 15) is 18.3 Å². The number of nitrogens with one attached hydrogen (secondary N) is 1. The van der Waals surface area contributed by atoms with Crippen molar-refractivity contribution < 1.29 is 28.2 Å². The summed E-state index contributed by atoms with van der Waals surface area (Å²) in [6, 6.07) is 0. The number of hydrogen-bond donors (Lipinski definition) is 3. The van der Waals surface area contributed by atoms with E-state index in [-0.39, 0.29) is 6.54 Å². The van der Waals surface area contributed by atoms with Gasteiger partial charge in [0, 0.05) is 39.6 Å². The molecule has 0 saturated carbocycles. The molecule has 0 aromatic carbocycles. The van der Waals surface area contributed by atoms with Gasteiger partial charge in [-0.05, 0) is 0 Å². The first-order valence-electron chi connectivity index (χ1n) is 6.29. The van der Waals surface area contributed by atoms with Gasteiger partial charge in [0.25, 0.3) is 10.0 Å². The highest BCUT2D eigenvalue weighted by atomic mass is 32.2. The summed E-state index contributed by atoms with van der Waals surface area (Å²) in [5.74, 6) is -1.39. The lowest BCUT2D eigenvalue weighted by Crippen LogP contribution is -2.47. The van der Waals surface area contributed by atoms with Crippen LogP contribution in [-0.2, 0) is 14.8 Å². The molecule has 21 heavy (non-hydrogen) atoms. The molecule has 1 fully saturated rings. The van der Waals surface area contributed by atoms with Crippen molar-refractivity contribution in [2.24, 2.45) is 0 Å². The minimum atomic E-state index is -4.08. The van der Waals surface area contributed by atoms with Crippen LogP contribution in [0.5, 0.6) is 0 Å². The van der Waals surface area contributed by atoms with Gasteiger partial charge in [-0.15, -0.1) is 0 Å². The summed E-state index contributed by atoms with van der Waals surface area (Å²) < 4.78 is 30.8. The third-order valence-electron chi connectivity index (χ3n) is 3.44. The molecule has 0 aliphatic carbocycles. The zero-order valence-electron chi connectivity index (χ0n) is 11.4. The number of aliphatic hydroxyl groups is 1. The third kappa shape index (κ3) is 3.23. The summed E-state index contributed by atoms with van der Waals surface area (Å²) in [5, 5.41) is 24.5. The normalized spacial score (nSPS) is 18.8. The molecular formula is C11H17N3O6S. The van der Waals surface area contributed by atoms with Gasteiger partial charge in [0.05, 0.1) is 11.8 Å². The number of aromatic nitrogens is 2. The molecule has 3 N–H and O–H groups in total. The van der Waals surface area contributed by atoms with Crippen molar-refractivity contribution >= 4 is 16.0 Å². The number of sulfonamides is 1.